The van der Waals surface area contributed by atoms with Gasteiger partial charge in [-0.25, -0.2) is 23.1 Å². The van der Waals surface area contributed by atoms with Crippen molar-refractivity contribution in [3.8, 4) is 0 Å². The molecule has 7 rings (SSSR count). The van der Waals surface area contributed by atoms with E-state index in [1.54, 1.807) is 17.6 Å². The molecule has 0 unspecified atom stereocenters. The molecule has 46 heavy (non-hydrogen) atoms. The Kier molecular flexibility index (Phi) is 9.89. The zero-order valence-electron chi connectivity index (χ0n) is 27.5. The first kappa shape index (κ1) is 32.7. The van der Waals surface area contributed by atoms with Gasteiger partial charge < -0.3 is 15.1 Å². The number of hydrogen-bond donors (Lipinski definition) is 1. The van der Waals surface area contributed by atoms with Gasteiger partial charge in [0, 0.05) is 50.2 Å². The number of piperazine rings is 1. The van der Waals surface area contributed by atoms with Crippen molar-refractivity contribution < 1.29 is 13.2 Å². The summed E-state index contributed by atoms with van der Waals surface area (Å²) in [6.07, 6.45) is 7.06. The van der Waals surface area contributed by atoms with E-state index in [9.17, 15) is 4.79 Å². The SMILES string of the molecule is CC(C)N1CCN(c2cc3c4ncnc3n(c2=O)CCCCCCCN2CCC(CC2)C(F)(F)c2cccc(c2F)[C@@H](C)N4)CC1. The number of rotatable bonds is 2. The molecule has 1 aromatic carbocycles. The first-order valence-corrected chi connectivity index (χ1v) is 17.2. The van der Waals surface area contributed by atoms with Crippen LogP contribution in [0.3, 0.4) is 0 Å². The van der Waals surface area contributed by atoms with Crippen LogP contribution in [0.4, 0.5) is 24.7 Å². The first-order chi connectivity index (χ1) is 22.1. The number of benzene rings is 1. The van der Waals surface area contributed by atoms with Gasteiger partial charge in [0.1, 0.15) is 29.3 Å². The minimum absolute atomic E-state index is 0.0637. The van der Waals surface area contributed by atoms with E-state index in [1.165, 1.54) is 18.5 Å². The molecule has 0 amide bonds. The molecule has 250 valence electrons. The Balaban J connectivity index is 1.39. The minimum Gasteiger partial charge on any atom is -0.364 e. The number of nitrogens with one attached hydrogen (secondary N) is 1. The Labute approximate surface area is 270 Å². The number of hydrogen-bond acceptors (Lipinski definition) is 7. The summed E-state index contributed by atoms with van der Waals surface area (Å²) in [6.45, 7) is 12.0. The van der Waals surface area contributed by atoms with Gasteiger partial charge in [-0.1, -0.05) is 37.5 Å². The maximum absolute atomic E-state index is 16.0. The summed E-state index contributed by atoms with van der Waals surface area (Å²) in [7, 11) is 0. The van der Waals surface area contributed by atoms with Crippen molar-refractivity contribution >= 4 is 22.5 Å². The Morgan fingerprint density at radius 1 is 0.913 bits per heavy atom. The fourth-order valence-corrected chi connectivity index (χ4v) is 7.49. The van der Waals surface area contributed by atoms with Crippen molar-refractivity contribution in [2.45, 2.75) is 90.3 Å². The van der Waals surface area contributed by atoms with Crippen LogP contribution < -0.4 is 15.8 Å². The third-order valence-corrected chi connectivity index (χ3v) is 10.4. The predicted octanol–water partition coefficient (Wildman–Crippen LogP) is 6.40. The van der Waals surface area contributed by atoms with E-state index in [2.05, 4.69) is 43.8 Å². The standard InChI is InChI=1S/C35H48F3N7O/c1-24(2)43-18-20-44(21-19-43)30-22-28-32-39-23-40-33(28)45(34(30)46)15-8-6-4-5-7-14-42-16-12-26(13-17-42)35(37,38)29-11-9-10-27(31(29)36)25(3)41-32/h9-11,22-26H,4-8,12-21H2,1-3H3,(H,39,40,41)/t25-/m1/s1. The Bertz CT molecular complexity index is 1560. The van der Waals surface area contributed by atoms with Crippen LogP contribution in [0.15, 0.2) is 35.4 Å². The summed E-state index contributed by atoms with van der Waals surface area (Å²) in [5.41, 5.74) is 0.691. The monoisotopic (exact) mass is 639 g/mol. The van der Waals surface area contributed by atoms with Gasteiger partial charge >= 0.3 is 0 Å². The lowest BCUT2D eigenvalue weighted by atomic mass is 9.85. The molecule has 8 nitrogen and oxygen atoms in total. The van der Waals surface area contributed by atoms with Crippen molar-refractivity contribution in [3.05, 3.63) is 57.9 Å². The first-order valence-electron chi connectivity index (χ1n) is 17.2. The average Bonchev–Trinajstić information content (AvgIpc) is 3.05. The molecule has 1 atom stereocenters. The maximum atomic E-state index is 16.0. The number of alkyl halides is 2. The minimum atomic E-state index is -3.27. The van der Waals surface area contributed by atoms with Crippen molar-refractivity contribution in [1.82, 2.24) is 24.3 Å². The van der Waals surface area contributed by atoms with Crippen LogP contribution in [-0.2, 0) is 12.5 Å². The van der Waals surface area contributed by atoms with Crippen molar-refractivity contribution in [2.75, 3.05) is 56.0 Å². The van der Waals surface area contributed by atoms with Gasteiger partial charge in [0.15, 0.2) is 0 Å². The molecule has 0 spiro atoms. The number of anilines is 2. The number of fused-ring (bicyclic) bond motifs is 9. The van der Waals surface area contributed by atoms with Gasteiger partial charge in [-0.3, -0.25) is 14.3 Å². The van der Waals surface area contributed by atoms with Crippen LogP contribution in [0, 0.1) is 11.7 Å². The lowest BCUT2D eigenvalue weighted by Gasteiger charge is -2.38. The van der Waals surface area contributed by atoms with E-state index >= 15 is 13.2 Å². The summed E-state index contributed by atoms with van der Waals surface area (Å²) >= 11 is 0. The Hall–Kier alpha value is -3.18. The summed E-state index contributed by atoms with van der Waals surface area (Å²) in [5.74, 6) is -4.59. The van der Waals surface area contributed by atoms with Crippen LogP contribution in [-0.4, -0.2) is 76.2 Å². The van der Waals surface area contributed by atoms with Crippen molar-refractivity contribution in [3.63, 3.8) is 0 Å². The van der Waals surface area contributed by atoms with Crippen LogP contribution in [0.2, 0.25) is 0 Å². The molecular formula is C35H48F3N7O. The van der Waals surface area contributed by atoms with Gasteiger partial charge in [-0.05, 0) is 72.2 Å². The zero-order valence-corrected chi connectivity index (χ0v) is 27.5. The lowest BCUT2D eigenvalue weighted by molar-refractivity contribution is -0.0880. The number of nitrogens with zero attached hydrogens (tertiary/aromatic N) is 6. The van der Waals surface area contributed by atoms with E-state index in [0.29, 0.717) is 61.1 Å². The highest BCUT2D eigenvalue weighted by molar-refractivity contribution is 5.89. The second-order valence-electron chi connectivity index (χ2n) is 13.6. The van der Waals surface area contributed by atoms with Crippen LogP contribution in [0.1, 0.15) is 82.9 Å². The molecule has 2 saturated heterocycles. The normalized spacial score (nSPS) is 25.0. The molecule has 3 aromatic rings. The Morgan fingerprint density at radius 3 is 2.33 bits per heavy atom. The number of pyridine rings is 1. The Morgan fingerprint density at radius 2 is 1.61 bits per heavy atom. The number of aryl methyl sites for hydroxylation is 1. The highest BCUT2D eigenvalue weighted by Crippen LogP contribution is 2.44. The summed E-state index contributed by atoms with van der Waals surface area (Å²) < 4.78 is 49.6. The molecule has 0 saturated carbocycles. The van der Waals surface area contributed by atoms with Gasteiger partial charge in [0.2, 0.25) is 0 Å². The van der Waals surface area contributed by atoms with Crippen molar-refractivity contribution in [2.24, 2.45) is 5.92 Å². The smallest absolute Gasteiger partial charge is 0.278 e. The molecule has 11 heteroatoms. The van der Waals surface area contributed by atoms with E-state index in [0.717, 1.165) is 64.8 Å². The van der Waals surface area contributed by atoms with Gasteiger partial charge in [0.25, 0.3) is 11.5 Å². The number of aromatic nitrogens is 3. The summed E-state index contributed by atoms with van der Waals surface area (Å²) in [4.78, 5) is 29.9. The molecule has 0 radical (unpaired) electrons. The molecule has 4 aliphatic heterocycles. The van der Waals surface area contributed by atoms with E-state index < -0.39 is 29.3 Å². The topological polar surface area (TPSA) is 69.5 Å². The third kappa shape index (κ3) is 6.63. The largest absolute Gasteiger partial charge is 0.364 e. The van der Waals surface area contributed by atoms with Crippen LogP contribution in [0.5, 0.6) is 0 Å². The third-order valence-electron chi connectivity index (χ3n) is 10.4. The molecule has 0 aliphatic carbocycles. The van der Waals surface area contributed by atoms with Crippen molar-refractivity contribution in [1.29, 1.82) is 0 Å². The van der Waals surface area contributed by atoms with Gasteiger partial charge in [0.05, 0.1) is 17.0 Å². The zero-order chi connectivity index (χ0) is 32.4. The van der Waals surface area contributed by atoms with E-state index in [-0.39, 0.29) is 11.1 Å². The molecule has 2 fully saturated rings. The average molecular weight is 640 g/mol. The molecule has 4 aliphatic rings. The van der Waals surface area contributed by atoms with E-state index in [4.69, 9.17) is 0 Å². The maximum Gasteiger partial charge on any atom is 0.278 e. The van der Waals surface area contributed by atoms with Gasteiger partial charge in [-0.2, -0.15) is 0 Å². The number of halogens is 3. The molecule has 8 bridgehead atoms. The highest BCUT2D eigenvalue weighted by atomic mass is 19.3. The molecule has 2 aromatic heterocycles. The second-order valence-corrected chi connectivity index (χ2v) is 13.6. The van der Waals surface area contributed by atoms with Crippen LogP contribution >= 0.6 is 0 Å². The lowest BCUT2D eigenvalue weighted by Crippen LogP contribution is -2.50. The highest BCUT2D eigenvalue weighted by Gasteiger charge is 2.45. The fourth-order valence-electron chi connectivity index (χ4n) is 7.49. The molecule has 1 N–H and O–H groups in total. The van der Waals surface area contributed by atoms with Crippen LogP contribution in [0.25, 0.3) is 11.0 Å². The molecular weight excluding hydrogens is 591 g/mol. The predicted molar refractivity (Wildman–Crippen MR) is 177 cm³/mol. The molecule has 6 heterocycles. The summed E-state index contributed by atoms with van der Waals surface area (Å²) in [5, 5.41) is 3.97. The second kappa shape index (κ2) is 13.9. The quantitative estimate of drug-likeness (QED) is 0.348. The summed E-state index contributed by atoms with van der Waals surface area (Å²) in [6, 6.07) is 5.95. The van der Waals surface area contributed by atoms with E-state index in [1.807, 2.05) is 6.07 Å². The fraction of sp³-hybridized carbons (Fsp3) is 0.629. The number of piperidine rings is 1. The van der Waals surface area contributed by atoms with Gasteiger partial charge in [-0.15, -0.1) is 0 Å².